The molecule has 5 heteroatoms. The number of hydrogen-bond donors (Lipinski definition) is 0. The van der Waals surface area contributed by atoms with E-state index in [2.05, 4.69) is 75.3 Å². The van der Waals surface area contributed by atoms with Crippen LogP contribution in [0.5, 0.6) is 0 Å². The molecule has 0 N–H and O–H groups in total. The number of aromatic nitrogens is 2. The van der Waals surface area contributed by atoms with Crippen molar-refractivity contribution < 1.29 is 4.57 Å². The van der Waals surface area contributed by atoms with Gasteiger partial charge in [0.2, 0.25) is 0 Å². The minimum Gasteiger partial charge on any atom is -0.756 e. The van der Waals surface area contributed by atoms with E-state index in [0.717, 1.165) is 32.8 Å². The van der Waals surface area contributed by atoms with Gasteiger partial charge in [0.15, 0.2) is 11.2 Å². The van der Waals surface area contributed by atoms with E-state index < -0.39 is 0 Å². The lowest BCUT2D eigenvalue weighted by atomic mass is 10.2. The molecule has 140 valence electrons. The number of benzene rings is 2. The van der Waals surface area contributed by atoms with Crippen molar-refractivity contribution in [3.8, 4) is 11.4 Å². The first-order valence-electron chi connectivity index (χ1n) is 9.18. The van der Waals surface area contributed by atoms with Gasteiger partial charge < -0.3 is 12.6 Å². The topological polar surface area (TPSA) is 20.6 Å². The summed E-state index contributed by atoms with van der Waals surface area (Å²) in [5.74, 6) is 1.11. The average Bonchev–Trinajstić information content (AvgIpc) is 3.06. The van der Waals surface area contributed by atoms with E-state index in [4.69, 9.17) is 17.6 Å². The molecule has 0 bridgehead atoms. The van der Waals surface area contributed by atoms with E-state index in [-0.39, 0.29) is 6.04 Å². The van der Waals surface area contributed by atoms with E-state index in [1.54, 1.807) is 0 Å². The normalized spacial score (nSPS) is 12.1. The van der Waals surface area contributed by atoms with Crippen LogP contribution in [0, 0.1) is 0 Å². The SMILES string of the molecule is CC(C)[n+]1c(C([S-])=Nc2ccc(Br)cc2)c2ccccn2c1-c1ccccc1. The molecular formula is C23H20BrN3S. The van der Waals surface area contributed by atoms with Gasteiger partial charge >= 0.3 is 0 Å². The van der Waals surface area contributed by atoms with Gasteiger partial charge in [-0.15, -0.1) is 0 Å². The molecule has 0 spiro atoms. The third-order valence-electron chi connectivity index (χ3n) is 4.61. The van der Waals surface area contributed by atoms with E-state index >= 15 is 0 Å². The summed E-state index contributed by atoms with van der Waals surface area (Å²) in [5.41, 5.74) is 4.02. The van der Waals surface area contributed by atoms with Crippen molar-refractivity contribution in [3.63, 3.8) is 0 Å². The van der Waals surface area contributed by atoms with Crippen molar-refractivity contribution in [3.05, 3.63) is 89.2 Å². The van der Waals surface area contributed by atoms with Crippen LogP contribution in [-0.4, -0.2) is 9.44 Å². The predicted octanol–water partition coefficient (Wildman–Crippen LogP) is 5.86. The van der Waals surface area contributed by atoms with Gasteiger partial charge in [0.1, 0.15) is 0 Å². The van der Waals surface area contributed by atoms with E-state index in [9.17, 15) is 0 Å². The lowest BCUT2D eigenvalue weighted by Gasteiger charge is -2.14. The van der Waals surface area contributed by atoms with Crippen LogP contribution < -0.4 is 4.57 Å². The molecule has 0 saturated carbocycles. The van der Waals surface area contributed by atoms with E-state index in [0.29, 0.717) is 5.04 Å². The van der Waals surface area contributed by atoms with Crippen molar-refractivity contribution in [2.45, 2.75) is 19.9 Å². The number of nitrogens with zero attached hydrogens (tertiary/aromatic N) is 3. The van der Waals surface area contributed by atoms with Crippen LogP contribution in [0.3, 0.4) is 0 Å². The van der Waals surface area contributed by atoms with Crippen molar-refractivity contribution in [1.82, 2.24) is 4.40 Å². The molecule has 0 atom stereocenters. The summed E-state index contributed by atoms with van der Waals surface area (Å²) < 4.78 is 5.51. The highest BCUT2D eigenvalue weighted by Crippen LogP contribution is 2.25. The maximum atomic E-state index is 5.82. The molecule has 0 aliphatic rings. The fourth-order valence-corrected chi connectivity index (χ4v) is 4.01. The Labute approximate surface area is 178 Å². The van der Waals surface area contributed by atoms with Crippen molar-refractivity contribution >= 4 is 44.8 Å². The molecule has 0 unspecified atom stereocenters. The van der Waals surface area contributed by atoms with Crippen LogP contribution in [0.2, 0.25) is 0 Å². The van der Waals surface area contributed by atoms with Crippen LogP contribution in [0.1, 0.15) is 25.6 Å². The average molecular weight is 450 g/mol. The first-order chi connectivity index (χ1) is 13.6. The number of rotatable bonds is 4. The Morgan fingerprint density at radius 1 is 0.964 bits per heavy atom. The largest absolute Gasteiger partial charge is 0.756 e. The molecule has 2 aromatic heterocycles. The maximum absolute atomic E-state index is 5.82. The Morgan fingerprint density at radius 2 is 1.64 bits per heavy atom. The monoisotopic (exact) mass is 449 g/mol. The second-order valence-corrected chi connectivity index (χ2v) is 8.15. The molecule has 2 heterocycles. The molecule has 28 heavy (non-hydrogen) atoms. The molecule has 0 saturated heterocycles. The predicted molar refractivity (Wildman–Crippen MR) is 121 cm³/mol. The van der Waals surface area contributed by atoms with Gasteiger partial charge in [-0.2, -0.15) is 4.40 Å². The van der Waals surface area contributed by atoms with Gasteiger partial charge in [0.25, 0.3) is 5.82 Å². The van der Waals surface area contributed by atoms with Crippen LogP contribution in [-0.2, 0) is 12.6 Å². The number of imidazole rings is 1. The zero-order valence-electron chi connectivity index (χ0n) is 15.7. The van der Waals surface area contributed by atoms with E-state index in [1.165, 1.54) is 0 Å². The minimum atomic E-state index is 0.225. The Morgan fingerprint density at radius 3 is 2.32 bits per heavy atom. The lowest BCUT2D eigenvalue weighted by molar-refractivity contribution is -0.705. The summed E-state index contributed by atoms with van der Waals surface area (Å²) in [6, 6.07) is 24.7. The number of halogens is 1. The van der Waals surface area contributed by atoms with Gasteiger partial charge in [-0.05, 0) is 67.4 Å². The Bertz CT molecular complexity index is 1150. The molecule has 0 radical (unpaired) electrons. The molecule has 0 fully saturated rings. The van der Waals surface area contributed by atoms with Gasteiger partial charge in [0, 0.05) is 4.47 Å². The number of aliphatic imine (C=N–C) groups is 1. The van der Waals surface area contributed by atoms with Crippen molar-refractivity contribution in [2.24, 2.45) is 4.99 Å². The summed E-state index contributed by atoms with van der Waals surface area (Å²) >= 11 is 9.29. The number of pyridine rings is 1. The quantitative estimate of drug-likeness (QED) is 0.165. The van der Waals surface area contributed by atoms with Gasteiger partial charge in [-0.3, -0.25) is 4.99 Å². The summed E-state index contributed by atoms with van der Waals surface area (Å²) in [7, 11) is 0. The smallest absolute Gasteiger partial charge is 0.294 e. The number of hydrogen-bond acceptors (Lipinski definition) is 2. The fourth-order valence-electron chi connectivity index (χ4n) is 3.43. The van der Waals surface area contributed by atoms with Gasteiger partial charge in [0.05, 0.1) is 23.5 Å². The summed E-state index contributed by atoms with van der Waals surface area (Å²) in [6.45, 7) is 4.36. The summed E-state index contributed by atoms with van der Waals surface area (Å²) in [4.78, 5) is 4.75. The molecule has 4 rings (SSSR count). The summed E-state index contributed by atoms with van der Waals surface area (Å²) in [6.07, 6.45) is 2.09. The van der Waals surface area contributed by atoms with Crippen LogP contribution in [0.25, 0.3) is 16.9 Å². The van der Waals surface area contributed by atoms with Crippen molar-refractivity contribution in [1.29, 1.82) is 0 Å². The molecule has 0 aliphatic carbocycles. The molecule has 4 aromatic rings. The first kappa shape index (κ1) is 18.8. The van der Waals surface area contributed by atoms with Gasteiger partial charge in [-0.25, -0.2) is 4.57 Å². The molecule has 0 amide bonds. The third kappa shape index (κ3) is 3.48. The highest BCUT2D eigenvalue weighted by molar-refractivity contribution is 9.10. The second-order valence-electron chi connectivity index (χ2n) is 6.85. The minimum absolute atomic E-state index is 0.225. The molecule has 0 aliphatic heterocycles. The third-order valence-corrected chi connectivity index (χ3v) is 5.42. The van der Waals surface area contributed by atoms with Crippen LogP contribution in [0.4, 0.5) is 5.69 Å². The Hall–Kier alpha value is -2.50. The van der Waals surface area contributed by atoms with Gasteiger partial charge in [-0.1, -0.05) is 40.2 Å². The highest BCUT2D eigenvalue weighted by atomic mass is 79.9. The maximum Gasteiger partial charge on any atom is 0.294 e. The molecule has 3 nitrogen and oxygen atoms in total. The highest BCUT2D eigenvalue weighted by Gasteiger charge is 2.28. The van der Waals surface area contributed by atoms with Crippen molar-refractivity contribution in [2.75, 3.05) is 0 Å². The van der Waals surface area contributed by atoms with Crippen LogP contribution >= 0.6 is 15.9 Å². The Kier molecular flexibility index (Phi) is 5.29. The van der Waals surface area contributed by atoms with E-state index in [1.807, 2.05) is 42.5 Å². The standard InChI is InChI=1S/C23H20BrN3S/c1-16(2)27-21(22(28)25-19-13-11-18(24)12-14-19)20-10-6-7-15-26(20)23(27)17-8-4-3-5-9-17/h3-16H,1-2H3. The van der Waals surface area contributed by atoms with Crippen LogP contribution in [0.15, 0.2) is 88.5 Å². The summed E-state index contributed by atoms with van der Waals surface area (Å²) in [5, 5.41) is 0.585. The molecular weight excluding hydrogens is 430 g/mol. The first-order valence-corrected chi connectivity index (χ1v) is 10.4. The number of fused-ring (bicyclic) bond motifs is 1. The zero-order valence-corrected chi connectivity index (χ0v) is 18.1. The Balaban J connectivity index is 2.00. The second kappa shape index (κ2) is 7.86. The fraction of sp³-hybridized carbons (Fsp3) is 0.130. The molecule has 2 aromatic carbocycles. The lowest BCUT2D eigenvalue weighted by Crippen LogP contribution is -2.42. The zero-order chi connectivity index (χ0) is 19.7.